The number of aromatic nitrogens is 2. The minimum absolute atomic E-state index is 0.175. The van der Waals surface area contributed by atoms with Gasteiger partial charge in [0.05, 0.1) is 23.6 Å². The molecule has 0 aliphatic heterocycles. The third-order valence-corrected chi connectivity index (χ3v) is 6.27. The fourth-order valence-electron chi connectivity index (χ4n) is 3.94. The molecule has 0 radical (unpaired) electrons. The predicted molar refractivity (Wildman–Crippen MR) is 137 cm³/mol. The molecule has 0 spiro atoms. The largest absolute Gasteiger partial charge is 0.488 e. The van der Waals surface area contributed by atoms with E-state index in [1.807, 2.05) is 99.1 Å². The lowest BCUT2D eigenvalue weighted by Crippen LogP contribution is -2.13. The van der Waals surface area contributed by atoms with E-state index in [9.17, 15) is 4.79 Å². The van der Waals surface area contributed by atoms with Crippen molar-refractivity contribution in [2.75, 3.05) is 5.32 Å². The van der Waals surface area contributed by atoms with E-state index < -0.39 is 0 Å². The summed E-state index contributed by atoms with van der Waals surface area (Å²) in [6, 6.07) is 21.3. The average Bonchev–Trinajstić information content (AvgIpc) is 3.08. The number of benzene rings is 3. The monoisotopic (exact) mass is 473 g/mol. The third kappa shape index (κ3) is 5.15. The Morgan fingerprint density at radius 2 is 1.62 bits per heavy atom. The van der Waals surface area contributed by atoms with E-state index in [-0.39, 0.29) is 5.91 Å². The Morgan fingerprint density at radius 1 is 0.941 bits per heavy atom. The van der Waals surface area contributed by atoms with Crippen molar-refractivity contribution in [1.29, 1.82) is 0 Å². The minimum atomic E-state index is -0.175. The van der Waals surface area contributed by atoms with Crippen molar-refractivity contribution in [1.82, 2.24) is 9.78 Å². The first-order valence-corrected chi connectivity index (χ1v) is 11.6. The molecule has 0 bridgehead atoms. The molecular formula is C28H28ClN3O2. The van der Waals surface area contributed by atoms with Gasteiger partial charge in [0.15, 0.2) is 0 Å². The van der Waals surface area contributed by atoms with E-state index in [4.69, 9.17) is 16.3 Å². The quantitative estimate of drug-likeness (QED) is 0.327. The molecule has 0 atom stereocenters. The van der Waals surface area contributed by atoms with Crippen LogP contribution in [-0.2, 0) is 13.2 Å². The van der Waals surface area contributed by atoms with Crippen molar-refractivity contribution in [2.24, 2.45) is 0 Å². The molecule has 0 aliphatic carbocycles. The second kappa shape index (κ2) is 10.1. The first kappa shape index (κ1) is 23.6. The van der Waals surface area contributed by atoms with Crippen LogP contribution in [0.1, 0.15) is 44.0 Å². The SMILES string of the molecule is Cc1cccc(C)c1OCc1ccc(C(=O)Nc2c(C)nn(Cc3ccccc3Cl)c2C)cc1. The fourth-order valence-corrected chi connectivity index (χ4v) is 4.14. The molecule has 4 rings (SSSR count). The van der Waals surface area contributed by atoms with Crippen LogP contribution in [0, 0.1) is 27.7 Å². The average molecular weight is 474 g/mol. The van der Waals surface area contributed by atoms with Gasteiger partial charge >= 0.3 is 0 Å². The molecule has 34 heavy (non-hydrogen) atoms. The molecule has 0 unspecified atom stereocenters. The Morgan fingerprint density at radius 3 is 2.29 bits per heavy atom. The van der Waals surface area contributed by atoms with Gasteiger partial charge in [-0.25, -0.2) is 0 Å². The number of nitrogens with one attached hydrogen (secondary N) is 1. The number of anilines is 1. The van der Waals surface area contributed by atoms with Crippen molar-refractivity contribution < 1.29 is 9.53 Å². The summed E-state index contributed by atoms with van der Waals surface area (Å²) in [5.41, 5.74) is 7.13. The second-order valence-electron chi connectivity index (χ2n) is 8.46. The van der Waals surface area contributed by atoms with Gasteiger partial charge in [-0.05, 0) is 68.1 Å². The third-order valence-electron chi connectivity index (χ3n) is 5.91. The van der Waals surface area contributed by atoms with Gasteiger partial charge in [0.25, 0.3) is 5.91 Å². The van der Waals surface area contributed by atoms with Gasteiger partial charge < -0.3 is 10.1 Å². The maximum Gasteiger partial charge on any atom is 0.255 e. The smallest absolute Gasteiger partial charge is 0.255 e. The summed E-state index contributed by atoms with van der Waals surface area (Å²) in [6.45, 7) is 8.89. The van der Waals surface area contributed by atoms with Gasteiger partial charge in [0.2, 0.25) is 0 Å². The van der Waals surface area contributed by atoms with E-state index in [2.05, 4.69) is 10.4 Å². The molecule has 1 N–H and O–H groups in total. The standard InChI is InChI=1S/C28H28ClN3O2/c1-18-8-7-9-19(2)27(18)34-17-22-12-14-23(15-13-22)28(33)30-26-20(3)31-32(21(26)4)16-24-10-5-6-11-25(24)29/h5-15H,16-17H2,1-4H3,(H,30,33). The molecule has 1 heterocycles. The molecular weight excluding hydrogens is 446 g/mol. The van der Waals surface area contributed by atoms with Crippen molar-refractivity contribution in [3.05, 3.63) is 111 Å². The molecule has 0 aliphatic rings. The number of halogens is 1. The van der Waals surface area contributed by atoms with E-state index in [0.717, 1.165) is 45.1 Å². The Kier molecular flexibility index (Phi) is 7.03. The fraction of sp³-hybridized carbons (Fsp3) is 0.214. The number of aryl methyl sites for hydroxylation is 3. The lowest BCUT2D eigenvalue weighted by molar-refractivity contribution is 0.102. The molecule has 5 nitrogen and oxygen atoms in total. The zero-order valence-corrected chi connectivity index (χ0v) is 20.6. The highest BCUT2D eigenvalue weighted by Crippen LogP contribution is 2.25. The van der Waals surface area contributed by atoms with E-state index in [1.165, 1.54) is 0 Å². The van der Waals surface area contributed by atoms with Gasteiger partial charge in [-0.2, -0.15) is 5.10 Å². The Balaban J connectivity index is 1.43. The number of amides is 1. The number of hydrogen-bond donors (Lipinski definition) is 1. The zero-order valence-electron chi connectivity index (χ0n) is 19.9. The lowest BCUT2D eigenvalue weighted by atomic mass is 10.1. The van der Waals surface area contributed by atoms with Crippen LogP contribution in [0.4, 0.5) is 5.69 Å². The van der Waals surface area contributed by atoms with E-state index in [1.54, 1.807) is 0 Å². The molecule has 0 fully saturated rings. The lowest BCUT2D eigenvalue weighted by Gasteiger charge is -2.12. The minimum Gasteiger partial charge on any atom is -0.488 e. The molecule has 6 heteroatoms. The van der Waals surface area contributed by atoms with Crippen LogP contribution in [0.3, 0.4) is 0 Å². The van der Waals surface area contributed by atoms with Crippen LogP contribution in [0.5, 0.6) is 5.75 Å². The number of rotatable bonds is 7. The van der Waals surface area contributed by atoms with Crippen molar-refractivity contribution in [3.63, 3.8) is 0 Å². The van der Waals surface area contributed by atoms with Gasteiger partial charge in [-0.3, -0.25) is 9.48 Å². The van der Waals surface area contributed by atoms with E-state index in [0.29, 0.717) is 23.7 Å². The molecule has 174 valence electrons. The Labute approximate surface area is 205 Å². The van der Waals surface area contributed by atoms with Gasteiger partial charge in [0, 0.05) is 10.6 Å². The maximum atomic E-state index is 12.9. The first-order valence-electron chi connectivity index (χ1n) is 11.2. The summed E-state index contributed by atoms with van der Waals surface area (Å²) in [4.78, 5) is 12.9. The van der Waals surface area contributed by atoms with Crippen LogP contribution in [0.2, 0.25) is 5.02 Å². The van der Waals surface area contributed by atoms with Crippen molar-refractivity contribution >= 4 is 23.2 Å². The molecule has 4 aromatic rings. The number of ether oxygens (including phenoxy) is 1. The van der Waals surface area contributed by atoms with Crippen LogP contribution >= 0.6 is 11.6 Å². The number of para-hydroxylation sites is 1. The number of hydrogen-bond acceptors (Lipinski definition) is 3. The summed E-state index contributed by atoms with van der Waals surface area (Å²) in [5, 5.41) is 8.32. The summed E-state index contributed by atoms with van der Waals surface area (Å²) in [5.74, 6) is 0.731. The Hall–Kier alpha value is -3.57. The second-order valence-corrected chi connectivity index (χ2v) is 8.86. The van der Waals surface area contributed by atoms with E-state index >= 15 is 0 Å². The molecule has 3 aromatic carbocycles. The summed E-state index contributed by atoms with van der Waals surface area (Å²) < 4.78 is 7.88. The van der Waals surface area contributed by atoms with Crippen LogP contribution in [0.25, 0.3) is 0 Å². The summed E-state index contributed by atoms with van der Waals surface area (Å²) in [7, 11) is 0. The highest BCUT2D eigenvalue weighted by atomic mass is 35.5. The molecule has 0 saturated heterocycles. The Bertz CT molecular complexity index is 1310. The predicted octanol–water partition coefficient (Wildman–Crippen LogP) is 6.65. The van der Waals surface area contributed by atoms with Crippen molar-refractivity contribution in [3.8, 4) is 5.75 Å². The highest BCUT2D eigenvalue weighted by molar-refractivity contribution is 6.31. The summed E-state index contributed by atoms with van der Waals surface area (Å²) >= 11 is 6.30. The normalized spacial score (nSPS) is 10.9. The first-order chi connectivity index (χ1) is 16.3. The molecule has 0 saturated carbocycles. The van der Waals surface area contributed by atoms with Crippen LogP contribution in [0.15, 0.2) is 66.7 Å². The summed E-state index contributed by atoms with van der Waals surface area (Å²) in [6.07, 6.45) is 0. The number of carbonyl (C=O) groups is 1. The number of nitrogens with zero attached hydrogens (tertiary/aromatic N) is 2. The van der Waals surface area contributed by atoms with Crippen LogP contribution < -0.4 is 10.1 Å². The molecule has 1 aromatic heterocycles. The van der Waals surface area contributed by atoms with Gasteiger partial charge in [0.1, 0.15) is 12.4 Å². The molecule has 1 amide bonds. The number of carbonyl (C=O) groups excluding carboxylic acids is 1. The topological polar surface area (TPSA) is 56.1 Å². The van der Waals surface area contributed by atoms with Crippen molar-refractivity contribution in [2.45, 2.75) is 40.8 Å². The highest BCUT2D eigenvalue weighted by Gasteiger charge is 2.16. The van der Waals surface area contributed by atoms with Crippen LogP contribution in [-0.4, -0.2) is 15.7 Å². The van der Waals surface area contributed by atoms with Gasteiger partial charge in [-0.15, -0.1) is 0 Å². The van der Waals surface area contributed by atoms with Gasteiger partial charge in [-0.1, -0.05) is 60.1 Å². The maximum absolute atomic E-state index is 12.9. The zero-order chi connectivity index (χ0) is 24.2.